The average molecular weight is 306 g/mol. The van der Waals surface area contributed by atoms with Crippen LogP contribution in [0.3, 0.4) is 0 Å². The van der Waals surface area contributed by atoms with Crippen LogP contribution in [0.1, 0.15) is 6.92 Å². The minimum Gasteiger partial charge on any atom is -0.846 e. The topological polar surface area (TPSA) is 106 Å². The second-order valence-electron chi connectivity index (χ2n) is 3.35. The van der Waals surface area contributed by atoms with Gasteiger partial charge in [-0.3, -0.25) is 9.69 Å². The zero-order valence-electron chi connectivity index (χ0n) is 10.9. The molecule has 1 amide bonds. The van der Waals surface area contributed by atoms with Gasteiger partial charge >= 0.3 is 51.4 Å². The minimum atomic E-state index is -0.638. The van der Waals surface area contributed by atoms with E-state index in [1.54, 1.807) is 0 Å². The van der Waals surface area contributed by atoms with Crippen molar-refractivity contribution in [3.8, 4) is 0 Å². The number of carbonyl (C=O) groups is 1. The van der Waals surface area contributed by atoms with Crippen molar-refractivity contribution in [2.75, 3.05) is 29.6 Å². The Labute approximate surface area is 156 Å². The molecule has 1 aliphatic heterocycles. The van der Waals surface area contributed by atoms with Gasteiger partial charge in [-0.25, -0.2) is 4.99 Å². The van der Waals surface area contributed by atoms with Gasteiger partial charge in [-0.1, -0.05) is 11.8 Å². The van der Waals surface area contributed by atoms with Crippen LogP contribution >= 0.6 is 11.8 Å². The first kappa shape index (κ1) is 16.8. The van der Waals surface area contributed by atoms with Crippen LogP contribution in [-0.4, -0.2) is 46.2 Å². The van der Waals surface area contributed by atoms with Gasteiger partial charge in [-0.15, -0.1) is 0 Å². The standard InChI is InChI=1S/C9H12N6O2S.K/c1-3-10-6-12-7(14-8(13-6)18-2)15-4-5(16)11-9(15)17;/h3-4H2,1-2H3,(H,11,16,17)(H,10,12,13,14);/q;+1/p-1. The third-order valence-corrected chi connectivity index (χ3v) is 2.65. The molecule has 1 aromatic heterocycles. The molecule has 0 atom stereocenters. The molecule has 0 radical (unpaired) electrons. The van der Waals surface area contributed by atoms with Crippen molar-refractivity contribution in [2.24, 2.45) is 4.99 Å². The fourth-order valence-corrected chi connectivity index (χ4v) is 1.71. The zero-order chi connectivity index (χ0) is 13.1. The van der Waals surface area contributed by atoms with Gasteiger partial charge in [0.15, 0.2) is 5.16 Å². The van der Waals surface area contributed by atoms with Gasteiger partial charge in [0.05, 0.1) is 6.02 Å². The number of rotatable bonds is 4. The van der Waals surface area contributed by atoms with E-state index in [-0.39, 0.29) is 63.9 Å². The first-order valence-corrected chi connectivity index (χ1v) is 6.46. The van der Waals surface area contributed by atoms with Gasteiger partial charge in [0.25, 0.3) is 5.91 Å². The molecule has 2 rings (SSSR count). The van der Waals surface area contributed by atoms with Crippen LogP contribution in [0.5, 0.6) is 0 Å². The number of nitrogens with one attached hydrogen (secondary N) is 1. The summed E-state index contributed by atoms with van der Waals surface area (Å²) in [5, 5.41) is 14.9. The van der Waals surface area contributed by atoms with Crippen molar-refractivity contribution in [1.29, 1.82) is 0 Å². The number of nitrogens with zero attached hydrogens (tertiary/aromatic N) is 5. The average Bonchev–Trinajstić information content (AvgIpc) is 2.68. The van der Waals surface area contributed by atoms with E-state index < -0.39 is 11.9 Å². The predicted molar refractivity (Wildman–Crippen MR) is 65.6 cm³/mol. The molecule has 0 unspecified atom stereocenters. The first-order valence-electron chi connectivity index (χ1n) is 5.24. The summed E-state index contributed by atoms with van der Waals surface area (Å²) in [5.74, 6) is 0.0278. The number of amides is 1. The molecule has 1 aliphatic rings. The number of anilines is 2. The molecule has 0 fully saturated rings. The van der Waals surface area contributed by atoms with E-state index in [9.17, 15) is 9.90 Å². The van der Waals surface area contributed by atoms with Crippen molar-refractivity contribution in [2.45, 2.75) is 12.1 Å². The summed E-state index contributed by atoms with van der Waals surface area (Å²) in [4.78, 5) is 27.8. The summed E-state index contributed by atoms with van der Waals surface area (Å²) < 4.78 is 0. The minimum absolute atomic E-state index is 0. The Hall–Kier alpha value is -0.264. The molecule has 10 heteroatoms. The van der Waals surface area contributed by atoms with E-state index in [1.807, 2.05) is 13.2 Å². The Morgan fingerprint density at radius 2 is 2.16 bits per heavy atom. The second-order valence-corrected chi connectivity index (χ2v) is 4.12. The molecule has 0 aromatic carbocycles. The van der Waals surface area contributed by atoms with E-state index >= 15 is 0 Å². The van der Waals surface area contributed by atoms with Gasteiger partial charge in [-0.2, -0.15) is 15.0 Å². The SMILES string of the molecule is CCNc1nc(SC)nc(N2CC(=O)N=C2[O-])n1.[K+]. The van der Waals surface area contributed by atoms with Crippen molar-refractivity contribution in [3.05, 3.63) is 0 Å². The van der Waals surface area contributed by atoms with E-state index in [0.717, 1.165) is 4.90 Å². The van der Waals surface area contributed by atoms with Gasteiger partial charge in [0.2, 0.25) is 11.9 Å². The van der Waals surface area contributed by atoms with Gasteiger partial charge in [0.1, 0.15) is 6.54 Å². The van der Waals surface area contributed by atoms with Crippen LogP contribution in [0, 0.1) is 0 Å². The summed E-state index contributed by atoms with van der Waals surface area (Å²) in [6, 6.07) is -0.638. The molecule has 2 heterocycles. The van der Waals surface area contributed by atoms with Crippen molar-refractivity contribution in [1.82, 2.24) is 15.0 Å². The van der Waals surface area contributed by atoms with Crippen LogP contribution in [0.15, 0.2) is 10.1 Å². The molecular formula is C9H11KN6O2S. The van der Waals surface area contributed by atoms with E-state index in [1.165, 1.54) is 11.8 Å². The summed E-state index contributed by atoms with van der Waals surface area (Å²) in [6.45, 7) is 2.43. The first-order chi connectivity index (χ1) is 8.63. The Kier molecular flexibility index (Phi) is 6.63. The third kappa shape index (κ3) is 4.10. The molecule has 0 aliphatic carbocycles. The van der Waals surface area contributed by atoms with Crippen molar-refractivity contribution >= 4 is 35.6 Å². The second kappa shape index (κ2) is 7.50. The number of carbonyl (C=O) groups excluding carboxylic acids is 1. The number of aliphatic imine (C=N–C) groups is 1. The number of hydrogen-bond donors (Lipinski definition) is 1. The number of aromatic nitrogens is 3. The molecular weight excluding hydrogens is 295 g/mol. The number of amidine groups is 1. The fraction of sp³-hybridized carbons (Fsp3) is 0.444. The van der Waals surface area contributed by atoms with Gasteiger partial charge in [0, 0.05) is 6.54 Å². The Balaban J connectivity index is 0.00000180. The van der Waals surface area contributed by atoms with Gasteiger partial charge in [-0.05, 0) is 13.2 Å². The Morgan fingerprint density at radius 3 is 2.68 bits per heavy atom. The van der Waals surface area contributed by atoms with Crippen LogP contribution in [0.2, 0.25) is 0 Å². The maximum absolute atomic E-state index is 11.5. The maximum Gasteiger partial charge on any atom is 1.00 e. The third-order valence-electron chi connectivity index (χ3n) is 2.11. The monoisotopic (exact) mass is 306 g/mol. The zero-order valence-corrected chi connectivity index (χ0v) is 14.8. The van der Waals surface area contributed by atoms with Crippen molar-refractivity contribution < 1.29 is 61.3 Å². The van der Waals surface area contributed by atoms with E-state index in [0.29, 0.717) is 17.6 Å². The molecule has 8 nitrogen and oxygen atoms in total. The fourth-order valence-electron chi connectivity index (χ4n) is 1.36. The van der Waals surface area contributed by atoms with Gasteiger partial charge < -0.3 is 10.4 Å². The van der Waals surface area contributed by atoms with E-state index in [2.05, 4.69) is 25.3 Å². The molecule has 0 saturated carbocycles. The summed E-state index contributed by atoms with van der Waals surface area (Å²) in [5.41, 5.74) is 0. The number of hydrogen-bond acceptors (Lipinski definition) is 8. The molecule has 96 valence electrons. The molecule has 0 saturated heterocycles. The molecule has 19 heavy (non-hydrogen) atoms. The quantitative estimate of drug-likeness (QED) is 0.444. The predicted octanol–water partition coefficient (Wildman–Crippen LogP) is -3.91. The molecule has 1 aromatic rings. The Morgan fingerprint density at radius 1 is 1.42 bits per heavy atom. The summed E-state index contributed by atoms with van der Waals surface area (Å²) in [7, 11) is 0. The van der Waals surface area contributed by atoms with Crippen LogP contribution in [0.4, 0.5) is 11.9 Å². The van der Waals surface area contributed by atoms with Crippen molar-refractivity contribution in [3.63, 3.8) is 0 Å². The van der Waals surface area contributed by atoms with Crippen LogP contribution in [-0.2, 0) is 4.79 Å². The van der Waals surface area contributed by atoms with E-state index in [4.69, 9.17) is 0 Å². The maximum atomic E-state index is 11.5. The largest absolute Gasteiger partial charge is 1.00 e. The molecule has 1 N–H and O–H groups in total. The summed E-state index contributed by atoms with van der Waals surface area (Å²) in [6.07, 6.45) is 1.82. The number of thioether (sulfide) groups is 1. The molecule has 0 spiro atoms. The summed E-state index contributed by atoms with van der Waals surface area (Å²) >= 11 is 1.33. The smallest absolute Gasteiger partial charge is 0.846 e. The van der Waals surface area contributed by atoms with Crippen LogP contribution in [0.25, 0.3) is 0 Å². The molecule has 0 bridgehead atoms. The Bertz CT molecular complexity index is 511. The van der Waals surface area contributed by atoms with Crippen LogP contribution < -0.4 is 66.7 Å². The normalized spacial score (nSPS) is 14.1.